The molecule has 6 nitrogen and oxygen atoms in total. The summed E-state index contributed by atoms with van der Waals surface area (Å²) in [7, 11) is 0. The molecule has 0 aromatic rings. The molecule has 0 saturated heterocycles. The normalized spacial score (nSPS) is 13.0. The summed E-state index contributed by atoms with van der Waals surface area (Å²) in [5.74, 6) is -0.444. The highest BCUT2D eigenvalue weighted by atomic mass is 16.5. The number of amides is 1. The summed E-state index contributed by atoms with van der Waals surface area (Å²) >= 11 is 0. The van der Waals surface area contributed by atoms with Crippen molar-refractivity contribution in [2.45, 2.75) is 354 Å². The number of rotatable bonds is 54. The van der Waals surface area contributed by atoms with Crippen LogP contribution in [0.25, 0.3) is 0 Å². The molecule has 3 atom stereocenters. The van der Waals surface area contributed by atoms with Crippen LogP contribution in [0, 0.1) is 0 Å². The summed E-state index contributed by atoms with van der Waals surface area (Å²) in [5, 5.41) is 23.9. The zero-order valence-corrected chi connectivity index (χ0v) is 43.7. The Hall–Kier alpha value is -1.14. The molecule has 0 heterocycles. The molecule has 1 amide bonds. The van der Waals surface area contributed by atoms with Crippen LogP contribution in [0.5, 0.6) is 0 Å². The number of carbonyl (C=O) groups excluding carboxylic acids is 2. The first-order valence-electron chi connectivity index (χ1n) is 29.3. The van der Waals surface area contributed by atoms with Crippen LogP contribution in [-0.4, -0.2) is 46.9 Å². The highest BCUT2D eigenvalue weighted by Gasteiger charge is 2.24. The number of carbonyl (C=O) groups is 2. The molecule has 0 spiro atoms. The average Bonchev–Trinajstić information content (AvgIpc) is 3.29. The van der Waals surface area contributed by atoms with Crippen LogP contribution in [0.3, 0.4) is 0 Å². The molecule has 0 aromatic carbocycles. The zero-order valence-electron chi connectivity index (χ0n) is 43.7. The van der Waals surface area contributed by atoms with E-state index in [1.165, 1.54) is 250 Å². The van der Waals surface area contributed by atoms with Gasteiger partial charge in [-0.15, -0.1) is 0 Å². The summed E-state index contributed by atoms with van der Waals surface area (Å²) in [5.41, 5.74) is 0. The van der Waals surface area contributed by atoms with E-state index in [1.54, 1.807) is 0 Å². The molecule has 6 heteroatoms. The first-order valence-corrected chi connectivity index (χ1v) is 29.3. The minimum absolute atomic E-state index is 0.0885. The van der Waals surface area contributed by atoms with Crippen molar-refractivity contribution in [3.05, 3.63) is 0 Å². The second-order valence-electron chi connectivity index (χ2n) is 20.4. The van der Waals surface area contributed by atoms with E-state index in [4.69, 9.17) is 4.74 Å². The Morgan fingerprint density at radius 1 is 0.391 bits per heavy atom. The van der Waals surface area contributed by atoms with Gasteiger partial charge in [-0.3, -0.25) is 9.59 Å². The summed E-state index contributed by atoms with van der Waals surface area (Å²) in [6.07, 6.45) is 58.8. The van der Waals surface area contributed by atoms with E-state index in [0.29, 0.717) is 19.3 Å². The second-order valence-corrected chi connectivity index (χ2v) is 20.4. The van der Waals surface area contributed by atoms with Crippen molar-refractivity contribution in [1.29, 1.82) is 0 Å². The zero-order chi connectivity index (χ0) is 46.7. The van der Waals surface area contributed by atoms with Crippen molar-refractivity contribution >= 4 is 11.9 Å². The summed E-state index contributed by atoms with van der Waals surface area (Å²) in [6.45, 7) is 6.54. The fourth-order valence-corrected chi connectivity index (χ4v) is 9.49. The topological polar surface area (TPSA) is 95.9 Å². The molecule has 0 aliphatic rings. The SMILES string of the molecule is CCCCCCCCCCCCCCCCCCCC(=O)OC(CCCCCCCCCCCCCCC)CC(=O)NC(CO)C(O)CCCCCCCCCCCCCCCCC. The number of unbranched alkanes of at least 4 members (excludes halogenated alkanes) is 42. The molecule has 0 rings (SSSR count). The van der Waals surface area contributed by atoms with Gasteiger partial charge in [-0.2, -0.15) is 0 Å². The third-order valence-corrected chi connectivity index (χ3v) is 13.9. The van der Waals surface area contributed by atoms with Crippen molar-refractivity contribution < 1.29 is 24.5 Å². The lowest BCUT2D eigenvalue weighted by atomic mass is 10.0. The van der Waals surface area contributed by atoms with Gasteiger partial charge in [0.2, 0.25) is 5.91 Å². The highest BCUT2D eigenvalue weighted by Crippen LogP contribution is 2.19. The second kappa shape index (κ2) is 52.8. The first kappa shape index (κ1) is 62.9. The fraction of sp³-hybridized carbons (Fsp3) is 0.966. The summed E-state index contributed by atoms with van der Waals surface area (Å²) in [6, 6.07) is -0.693. The Kier molecular flexibility index (Phi) is 51.9. The maximum atomic E-state index is 13.3. The number of esters is 1. The van der Waals surface area contributed by atoms with E-state index in [9.17, 15) is 19.8 Å². The smallest absolute Gasteiger partial charge is 0.306 e. The van der Waals surface area contributed by atoms with Crippen LogP contribution >= 0.6 is 0 Å². The minimum atomic E-state index is -0.780. The lowest BCUT2D eigenvalue weighted by Gasteiger charge is -2.24. The van der Waals surface area contributed by atoms with Gasteiger partial charge in [0.15, 0.2) is 0 Å². The van der Waals surface area contributed by atoms with E-state index in [0.717, 1.165) is 38.5 Å². The maximum Gasteiger partial charge on any atom is 0.306 e. The van der Waals surface area contributed by atoms with Crippen LogP contribution in [0.2, 0.25) is 0 Å². The Bertz CT molecular complexity index is 928. The van der Waals surface area contributed by atoms with Gasteiger partial charge in [-0.25, -0.2) is 0 Å². The van der Waals surface area contributed by atoms with Crippen LogP contribution in [0.15, 0.2) is 0 Å². The molecule has 382 valence electrons. The van der Waals surface area contributed by atoms with Crippen molar-refractivity contribution in [3.8, 4) is 0 Å². The molecular formula is C58H115NO5. The lowest BCUT2D eigenvalue weighted by molar-refractivity contribution is -0.151. The highest BCUT2D eigenvalue weighted by molar-refractivity contribution is 5.77. The number of hydrogen-bond acceptors (Lipinski definition) is 5. The number of ether oxygens (including phenoxy) is 1. The largest absolute Gasteiger partial charge is 0.462 e. The third kappa shape index (κ3) is 47.4. The number of aliphatic hydroxyl groups is 2. The number of aliphatic hydroxyl groups excluding tert-OH is 2. The fourth-order valence-electron chi connectivity index (χ4n) is 9.49. The van der Waals surface area contributed by atoms with Crippen molar-refractivity contribution in [2.24, 2.45) is 0 Å². The van der Waals surface area contributed by atoms with Crippen LogP contribution in [-0.2, 0) is 14.3 Å². The van der Waals surface area contributed by atoms with E-state index in [2.05, 4.69) is 26.1 Å². The minimum Gasteiger partial charge on any atom is -0.462 e. The molecule has 0 aliphatic carbocycles. The van der Waals surface area contributed by atoms with E-state index < -0.39 is 18.2 Å². The Morgan fingerprint density at radius 2 is 0.656 bits per heavy atom. The van der Waals surface area contributed by atoms with Crippen molar-refractivity contribution in [1.82, 2.24) is 5.32 Å². The Balaban J connectivity index is 4.45. The van der Waals surface area contributed by atoms with E-state index in [-0.39, 0.29) is 24.9 Å². The maximum absolute atomic E-state index is 13.3. The van der Waals surface area contributed by atoms with Gasteiger partial charge in [0.25, 0.3) is 0 Å². The Morgan fingerprint density at radius 3 is 0.953 bits per heavy atom. The van der Waals surface area contributed by atoms with Gasteiger partial charge in [0.1, 0.15) is 6.10 Å². The average molecular weight is 907 g/mol. The van der Waals surface area contributed by atoms with E-state index >= 15 is 0 Å². The van der Waals surface area contributed by atoms with Crippen LogP contribution in [0.1, 0.15) is 335 Å². The van der Waals surface area contributed by atoms with Gasteiger partial charge in [0, 0.05) is 6.42 Å². The Labute approximate surface area is 400 Å². The predicted octanol–water partition coefficient (Wildman–Crippen LogP) is 17.9. The number of nitrogens with one attached hydrogen (secondary N) is 1. The molecule has 0 fully saturated rings. The molecule has 0 aliphatic heterocycles. The van der Waals surface area contributed by atoms with Crippen LogP contribution < -0.4 is 5.32 Å². The lowest BCUT2D eigenvalue weighted by Crippen LogP contribution is -2.46. The summed E-state index contributed by atoms with van der Waals surface area (Å²) < 4.78 is 5.97. The van der Waals surface area contributed by atoms with Crippen molar-refractivity contribution in [3.63, 3.8) is 0 Å². The van der Waals surface area contributed by atoms with E-state index in [1.807, 2.05) is 0 Å². The first-order chi connectivity index (χ1) is 31.5. The van der Waals surface area contributed by atoms with Gasteiger partial charge >= 0.3 is 5.97 Å². The molecule has 0 aromatic heterocycles. The van der Waals surface area contributed by atoms with Crippen molar-refractivity contribution in [2.75, 3.05) is 6.61 Å². The predicted molar refractivity (Wildman–Crippen MR) is 278 cm³/mol. The molecule has 3 unspecified atom stereocenters. The van der Waals surface area contributed by atoms with Gasteiger partial charge in [-0.1, -0.05) is 297 Å². The molecule has 0 saturated carbocycles. The number of hydrogen-bond donors (Lipinski definition) is 3. The van der Waals surface area contributed by atoms with Gasteiger partial charge in [-0.05, 0) is 25.7 Å². The molecule has 0 radical (unpaired) electrons. The standard InChI is InChI=1S/C58H115NO5/c1-4-7-10-13-16-19-22-25-27-28-30-33-36-39-42-45-48-51-58(63)64-54(49-46-43-40-37-34-31-24-21-18-15-12-9-6-3)52-57(62)59-55(53-60)56(61)50-47-44-41-38-35-32-29-26-23-20-17-14-11-8-5-2/h54-56,60-61H,4-53H2,1-3H3,(H,59,62). The molecule has 64 heavy (non-hydrogen) atoms. The van der Waals surface area contributed by atoms with Gasteiger partial charge in [0.05, 0.1) is 25.2 Å². The molecule has 3 N–H and O–H groups in total. The van der Waals surface area contributed by atoms with Crippen LogP contribution in [0.4, 0.5) is 0 Å². The quantitative estimate of drug-likeness (QED) is 0.0417. The van der Waals surface area contributed by atoms with Gasteiger partial charge < -0.3 is 20.3 Å². The third-order valence-electron chi connectivity index (χ3n) is 13.9. The molecule has 0 bridgehead atoms. The monoisotopic (exact) mass is 906 g/mol. The molecular weight excluding hydrogens is 791 g/mol. The summed E-state index contributed by atoms with van der Waals surface area (Å²) in [4.78, 5) is 26.3.